The van der Waals surface area contributed by atoms with E-state index in [-0.39, 0.29) is 0 Å². The second-order valence-corrected chi connectivity index (χ2v) is 3.92. The van der Waals surface area contributed by atoms with Gasteiger partial charge in [0.15, 0.2) is 0 Å². The van der Waals surface area contributed by atoms with Gasteiger partial charge in [-0.2, -0.15) is 0 Å². The molecule has 0 aromatic heterocycles. The number of hydrogen-bond donors (Lipinski definition) is 0. The Kier molecular flexibility index (Phi) is 3.82. The molecule has 0 aliphatic carbocycles. The van der Waals surface area contributed by atoms with Crippen molar-refractivity contribution < 1.29 is 0 Å². The van der Waals surface area contributed by atoms with Crippen molar-refractivity contribution in [1.82, 2.24) is 0 Å². The molecule has 0 amide bonds. The molecular formula is C8H7Br2Si. The highest BCUT2D eigenvalue weighted by molar-refractivity contribution is 9.08. The zero-order valence-electron chi connectivity index (χ0n) is 5.90. The maximum absolute atomic E-state index is 3.55. The first-order valence-corrected chi connectivity index (χ1v) is 5.97. The van der Waals surface area contributed by atoms with Crippen molar-refractivity contribution in [2.24, 2.45) is 0 Å². The SMILES string of the molecule is [Si]c1cc(CBr)ccc1CBr. The Morgan fingerprint density at radius 1 is 1.18 bits per heavy atom. The van der Waals surface area contributed by atoms with E-state index in [2.05, 4.69) is 60.3 Å². The lowest BCUT2D eigenvalue weighted by Crippen LogP contribution is -2.09. The Morgan fingerprint density at radius 2 is 1.91 bits per heavy atom. The van der Waals surface area contributed by atoms with Crippen molar-refractivity contribution in [3.63, 3.8) is 0 Å². The van der Waals surface area contributed by atoms with Crippen LogP contribution in [0.25, 0.3) is 0 Å². The summed E-state index contributed by atoms with van der Waals surface area (Å²) in [7, 11) is 3.55. The van der Waals surface area contributed by atoms with Gasteiger partial charge in [0.2, 0.25) is 0 Å². The van der Waals surface area contributed by atoms with Crippen LogP contribution in [0.2, 0.25) is 0 Å². The summed E-state index contributed by atoms with van der Waals surface area (Å²) in [4.78, 5) is 0. The summed E-state index contributed by atoms with van der Waals surface area (Å²) in [6, 6.07) is 6.37. The number of benzene rings is 1. The fourth-order valence-corrected chi connectivity index (χ4v) is 2.28. The van der Waals surface area contributed by atoms with Crippen LogP contribution < -0.4 is 5.19 Å². The van der Waals surface area contributed by atoms with E-state index in [1.807, 2.05) is 0 Å². The first-order valence-electron chi connectivity index (χ1n) is 3.23. The minimum Gasteiger partial charge on any atom is -0.0876 e. The van der Waals surface area contributed by atoms with Gasteiger partial charge in [-0.1, -0.05) is 55.2 Å². The van der Waals surface area contributed by atoms with E-state index in [1.165, 1.54) is 16.3 Å². The average Bonchev–Trinajstić information content (AvgIpc) is 2.04. The summed E-state index contributed by atoms with van der Waals surface area (Å²) >= 11 is 6.82. The van der Waals surface area contributed by atoms with Crippen molar-refractivity contribution >= 4 is 47.3 Å². The van der Waals surface area contributed by atoms with Gasteiger partial charge in [-0.15, -0.1) is 0 Å². The second kappa shape index (κ2) is 4.43. The molecule has 0 aliphatic rings. The molecular weight excluding hydrogens is 284 g/mol. The highest BCUT2D eigenvalue weighted by Crippen LogP contribution is 2.07. The largest absolute Gasteiger partial charge is 0.0876 e. The number of alkyl halides is 2. The molecule has 0 heterocycles. The van der Waals surface area contributed by atoms with Crippen LogP contribution in [-0.4, -0.2) is 10.2 Å². The van der Waals surface area contributed by atoms with Crippen LogP contribution in [0.15, 0.2) is 18.2 Å². The predicted molar refractivity (Wildman–Crippen MR) is 57.1 cm³/mol. The number of rotatable bonds is 2. The van der Waals surface area contributed by atoms with Crippen LogP contribution in [0.1, 0.15) is 11.1 Å². The topological polar surface area (TPSA) is 0 Å². The lowest BCUT2D eigenvalue weighted by atomic mass is 10.2. The minimum atomic E-state index is 0.897. The van der Waals surface area contributed by atoms with Crippen molar-refractivity contribution in [2.45, 2.75) is 10.7 Å². The molecule has 0 saturated heterocycles. The normalized spacial score (nSPS) is 10.1. The van der Waals surface area contributed by atoms with Crippen molar-refractivity contribution in [1.29, 1.82) is 0 Å². The first kappa shape index (κ1) is 9.48. The Balaban J connectivity index is 2.99. The molecule has 3 radical (unpaired) electrons. The zero-order chi connectivity index (χ0) is 8.27. The molecule has 0 saturated carbocycles. The van der Waals surface area contributed by atoms with Crippen LogP contribution in [-0.2, 0) is 10.7 Å². The quantitative estimate of drug-likeness (QED) is 0.579. The van der Waals surface area contributed by atoms with Gasteiger partial charge in [0.25, 0.3) is 0 Å². The number of halogens is 2. The van der Waals surface area contributed by atoms with Gasteiger partial charge in [0.1, 0.15) is 0 Å². The average molecular weight is 291 g/mol. The van der Waals surface area contributed by atoms with Crippen molar-refractivity contribution in [2.75, 3.05) is 0 Å². The van der Waals surface area contributed by atoms with Gasteiger partial charge in [-0.05, 0) is 11.1 Å². The molecule has 11 heavy (non-hydrogen) atoms. The van der Waals surface area contributed by atoms with Gasteiger partial charge in [0.05, 0.1) is 10.2 Å². The maximum atomic E-state index is 3.55. The van der Waals surface area contributed by atoms with Crippen LogP contribution in [0.4, 0.5) is 0 Å². The van der Waals surface area contributed by atoms with Crippen LogP contribution in [0.3, 0.4) is 0 Å². The molecule has 3 heteroatoms. The van der Waals surface area contributed by atoms with Crippen molar-refractivity contribution in [3.8, 4) is 0 Å². The molecule has 0 spiro atoms. The summed E-state index contributed by atoms with van der Waals surface area (Å²) < 4.78 is 0. The summed E-state index contributed by atoms with van der Waals surface area (Å²) in [5.74, 6) is 0. The first-order chi connectivity index (χ1) is 5.27. The van der Waals surface area contributed by atoms with E-state index in [9.17, 15) is 0 Å². The third-order valence-corrected chi connectivity index (χ3v) is 3.19. The molecule has 57 valence electrons. The third-order valence-electron chi connectivity index (χ3n) is 1.47. The minimum absolute atomic E-state index is 0.897. The van der Waals surface area contributed by atoms with Gasteiger partial charge in [0, 0.05) is 10.7 Å². The fraction of sp³-hybridized carbons (Fsp3) is 0.250. The molecule has 0 unspecified atom stereocenters. The third kappa shape index (κ3) is 2.42. The molecule has 1 aromatic carbocycles. The Morgan fingerprint density at radius 3 is 2.36 bits per heavy atom. The van der Waals surface area contributed by atoms with Crippen LogP contribution in [0, 0.1) is 0 Å². The van der Waals surface area contributed by atoms with E-state index in [4.69, 9.17) is 0 Å². The summed E-state index contributed by atoms with van der Waals surface area (Å²) in [6.45, 7) is 0. The van der Waals surface area contributed by atoms with E-state index in [0.29, 0.717) is 0 Å². The van der Waals surface area contributed by atoms with Crippen LogP contribution in [0.5, 0.6) is 0 Å². The smallest absolute Gasteiger partial charge is 0.0716 e. The van der Waals surface area contributed by atoms with E-state index < -0.39 is 0 Å². The molecule has 0 atom stereocenters. The molecule has 1 aromatic rings. The Bertz CT molecular complexity index is 248. The van der Waals surface area contributed by atoms with Gasteiger partial charge in [-0.3, -0.25) is 0 Å². The van der Waals surface area contributed by atoms with E-state index in [0.717, 1.165) is 10.7 Å². The predicted octanol–water partition coefficient (Wildman–Crippen LogP) is 2.27. The monoisotopic (exact) mass is 289 g/mol. The van der Waals surface area contributed by atoms with E-state index >= 15 is 0 Å². The van der Waals surface area contributed by atoms with Gasteiger partial charge >= 0.3 is 0 Å². The molecule has 0 aliphatic heterocycles. The lowest BCUT2D eigenvalue weighted by Gasteiger charge is -2.02. The van der Waals surface area contributed by atoms with Gasteiger partial charge in [-0.25, -0.2) is 0 Å². The molecule has 0 N–H and O–H groups in total. The summed E-state index contributed by atoms with van der Waals surface area (Å²) in [5, 5.41) is 2.97. The molecule has 1 rings (SSSR count). The lowest BCUT2D eigenvalue weighted by molar-refractivity contribution is 1.39. The maximum Gasteiger partial charge on any atom is 0.0716 e. The second-order valence-electron chi connectivity index (χ2n) is 2.26. The van der Waals surface area contributed by atoms with Crippen molar-refractivity contribution in [3.05, 3.63) is 29.3 Å². The molecule has 0 bridgehead atoms. The molecule has 0 nitrogen and oxygen atoms in total. The zero-order valence-corrected chi connectivity index (χ0v) is 10.1. The summed E-state index contributed by atoms with van der Waals surface area (Å²) in [5.41, 5.74) is 2.58. The standard InChI is InChI=1S/C8H7Br2Si/c9-4-6-1-2-7(5-10)8(11)3-6/h1-3H,4-5H2. The fourth-order valence-electron chi connectivity index (χ4n) is 0.823. The summed E-state index contributed by atoms with van der Waals surface area (Å²) in [6.07, 6.45) is 0. The van der Waals surface area contributed by atoms with Gasteiger partial charge < -0.3 is 0 Å². The number of hydrogen-bond acceptors (Lipinski definition) is 0. The Hall–Kier alpha value is 0.397. The van der Waals surface area contributed by atoms with E-state index in [1.54, 1.807) is 0 Å². The highest BCUT2D eigenvalue weighted by Gasteiger charge is 1.96. The Labute approximate surface area is 87.1 Å². The highest BCUT2D eigenvalue weighted by atomic mass is 79.9. The molecule has 0 fully saturated rings. The van der Waals surface area contributed by atoms with Crippen LogP contribution >= 0.6 is 31.9 Å².